The van der Waals surface area contributed by atoms with Gasteiger partial charge in [-0.2, -0.15) is 0 Å². The predicted octanol–water partition coefficient (Wildman–Crippen LogP) is 3.08. The van der Waals surface area contributed by atoms with Gasteiger partial charge in [-0.25, -0.2) is 4.98 Å². The van der Waals surface area contributed by atoms with Gasteiger partial charge in [0.05, 0.1) is 12.7 Å². The molecule has 2 rings (SSSR count). The second-order valence-electron chi connectivity index (χ2n) is 4.60. The van der Waals surface area contributed by atoms with Crippen molar-refractivity contribution in [3.05, 3.63) is 47.7 Å². The lowest BCUT2D eigenvalue weighted by molar-refractivity contribution is 0.102. The number of nitrogens with zero attached hydrogens (tertiary/aromatic N) is 1. The molecule has 1 heterocycles. The topological polar surface area (TPSA) is 63.2 Å². The summed E-state index contributed by atoms with van der Waals surface area (Å²) in [6.45, 7) is 4.71. The third-order valence-electron chi connectivity index (χ3n) is 3.07. The molecule has 21 heavy (non-hydrogen) atoms. The molecule has 0 aliphatic carbocycles. The van der Waals surface area contributed by atoms with Crippen LogP contribution >= 0.6 is 0 Å². The van der Waals surface area contributed by atoms with Crippen LogP contribution in [0.3, 0.4) is 0 Å². The van der Waals surface area contributed by atoms with Crippen LogP contribution in [-0.4, -0.2) is 24.5 Å². The molecule has 5 nitrogen and oxygen atoms in total. The Bertz CT molecular complexity index is 624. The highest BCUT2D eigenvalue weighted by Gasteiger charge is 2.09. The number of carbonyl (C=O) groups excluding carboxylic acids is 1. The number of carbonyl (C=O) groups is 1. The van der Waals surface area contributed by atoms with Crippen molar-refractivity contribution in [2.45, 2.75) is 13.8 Å². The fourth-order valence-corrected chi connectivity index (χ4v) is 1.91. The first-order chi connectivity index (χ1) is 10.1. The highest BCUT2D eigenvalue weighted by atomic mass is 16.5. The standard InChI is InChI=1S/C16H19N3O2/c1-4-17-15-8-5-12(10-18-15)16(20)19-14-7-6-13(21-3)9-11(14)2/h5-10H,4H2,1-3H3,(H,17,18)(H,19,20). The lowest BCUT2D eigenvalue weighted by Crippen LogP contribution is -2.13. The molecule has 1 amide bonds. The molecule has 0 fully saturated rings. The summed E-state index contributed by atoms with van der Waals surface area (Å²) in [4.78, 5) is 16.4. The zero-order chi connectivity index (χ0) is 15.2. The fourth-order valence-electron chi connectivity index (χ4n) is 1.91. The van der Waals surface area contributed by atoms with Gasteiger partial charge in [0, 0.05) is 18.4 Å². The van der Waals surface area contributed by atoms with Crippen LogP contribution in [0.4, 0.5) is 11.5 Å². The number of benzene rings is 1. The number of aryl methyl sites for hydroxylation is 1. The third-order valence-corrected chi connectivity index (χ3v) is 3.07. The van der Waals surface area contributed by atoms with Gasteiger partial charge < -0.3 is 15.4 Å². The zero-order valence-electron chi connectivity index (χ0n) is 12.4. The average molecular weight is 285 g/mol. The molecule has 2 aromatic rings. The number of hydrogen-bond donors (Lipinski definition) is 2. The molecule has 0 saturated carbocycles. The summed E-state index contributed by atoms with van der Waals surface area (Å²) >= 11 is 0. The molecular weight excluding hydrogens is 266 g/mol. The molecule has 0 atom stereocenters. The molecule has 1 aromatic carbocycles. The van der Waals surface area contributed by atoms with Crippen LogP contribution in [0, 0.1) is 6.92 Å². The lowest BCUT2D eigenvalue weighted by atomic mass is 10.1. The smallest absolute Gasteiger partial charge is 0.257 e. The predicted molar refractivity (Wildman–Crippen MR) is 84.1 cm³/mol. The van der Waals surface area contributed by atoms with Crippen LogP contribution in [0.5, 0.6) is 5.75 Å². The van der Waals surface area contributed by atoms with Crippen molar-refractivity contribution in [2.24, 2.45) is 0 Å². The second kappa shape index (κ2) is 6.74. The normalized spacial score (nSPS) is 10.0. The maximum absolute atomic E-state index is 12.2. The largest absolute Gasteiger partial charge is 0.497 e. The van der Waals surface area contributed by atoms with Crippen LogP contribution in [0.25, 0.3) is 0 Å². The monoisotopic (exact) mass is 285 g/mol. The van der Waals surface area contributed by atoms with Crippen molar-refractivity contribution < 1.29 is 9.53 Å². The SMILES string of the molecule is CCNc1ccc(C(=O)Nc2ccc(OC)cc2C)cn1. The van der Waals surface area contributed by atoms with Gasteiger partial charge in [-0.3, -0.25) is 4.79 Å². The highest BCUT2D eigenvalue weighted by Crippen LogP contribution is 2.21. The van der Waals surface area contributed by atoms with Crippen molar-refractivity contribution in [2.75, 3.05) is 24.3 Å². The minimum absolute atomic E-state index is 0.182. The van der Waals surface area contributed by atoms with Crippen molar-refractivity contribution in [1.29, 1.82) is 0 Å². The zero-order valence-corrected chi connectivity index (χ0v) is 12.4. The van der Waals surface area contributed by atoms with E-state index in [1.54, 1.807) is 25.4 Å². The van der Waals surface area contributed by atoms with E-state index < -0.39 is 0 Å². The van der Waals surface area contributed by atoms with E-state index >= 15 is 0 Å². The quantitative estimate of drug-likeness (QED) is 0.886. The van der Waals surface area contributed by atoms with Gasteiger partial charge in [-0.15, -0.1) is 0 Å². The highest BCUT2D eigenvalue weighted by molar-refractivity contribution is 6.04. The summed E-state index contributed by atoms with van der Waals surface area (Å²) in [5.41, 5.74) is 2.23. The summed E-state index contributed by atoms with van der Waals surface area (Å²) in [5, 5.41) is 5.96. The van der Waals surface area contributed by atoms with E-state index in [9.17, 15) is 4.79 Å². The summed E-state index contributed by atoms with van der Waals surface area (Å²) in [6, 6.07) is 9.06. The second-order valence-corrected chi connectivity index (χ2v) is 4.60. The molecule has 0 radical (unpaired) electrons. The number of methoxy groups -OCH3 is 1. The number of ether oxygens (including phenoxy) is 1. The molecule has 0 saturated heterocycles. The third kappa shape index (κ3) is 3.72. The van der Waals surface area contributed by atoms with Crippen LogP contribution < -0.4 is 15.4 Å². The lowest BCUT2D eigenvalue weighted by Gasteiger charge is -2.10. The van der Waals surface area contributed by atoms with Crippen molar-refractivity contribution in [1.82, 2.24) is 4.98 Å². The molecule has 0 bridgehead atoms. The molecule has 1 aromatic heterocycles. The van der Waals surface area contributed by atoms with Crippen molar-refractivity contribution in [3.8, 4) is 5.75 Å². The first-order valence-electron chi connectivity index (χ1n) is 6.80. The fraction of sp³-hybridized carbons (Fsp3) is 0.250. The van der Waals surface area contributed by atoms with Crippen LogP contribution in [-0.2, 0) is 0 Å². The molecular formula is C16H19N3O2. The van der Waals surface area contributed by atoms with Gasteiger partial charge in [-0.1, -0.05) is 0 Å². The summed E-state index contributed by atoms with van der Waals surface area (Å²) in [6.07, 6.45) is 1.56. The van der Waals surface area contributed by atoms with Gasteiger partial charge in [-0.05, 0) is 49.7 Å². The molecule has 0 aliphatic heterocycles. The van der Waals surface area contributed by atoms with Crippen LogP contribution in [0.2, 0.25) is 0 Å². The Balaban J connectivity index is 2.10. The van der Waals surface area contributed by atoms with E-state index in [2.05, 4.69) is 15.6 Å². The number of nitrogens with one attached hydrogen (secondary N) is 2. The number of amides is 1. The van der Waals surface area contributed by atoms with Crippen LogP contribution in [0.1, 0.15) is 22.8 Å². The van der Waals surface area contributed by atoms with Crippen molar-refractivity contribution in [3.63, 3.8) is 0 Å². The van der Waals surface area contributed by atoms with Gasteiger partial charge in [0.15, 0.2) is 0 Å². The van der Waals surface area contributed by atoms with Crippen molar-refractivity contribution >= 4 is 17.4 Å². The Morgan fingerprint density at radius 3 is 2.67 bits per heavy atom. The molecule has 0 unspecified atom stereocenters. The molecule has 2 N–H and O–H groups in total. The molecule has 5 heteroatoms. The van der Waals surface area contributed by atoms with Gasteiger partial charge in [0.2, 0.25) is 0 Å². The number of anilines is 2. The van der Waals surface area contributed by atoms with E-state index in [4.69, 9.17) is 4.74 Å². The first kappa shape index (κ1) is 14.8. The Kier molecular flexibility index (Phi) is 4.77. The Labute approximate surface area is 124 Å². The summed E-state index contributed by atoms with van der Waals surface area (Å²) < 4.78 is 5.15. The minimum atomic E-state index is -0.182. The number of hydrogen-bond acceptors (Lipinski definition) is 4. The molecule has 0 spiro atoms. The summed E-state index contributed by atoms with van der Waals surface area (Å²) in [7, 11) is 1.62. The maximum Gasteiger partial charge on any atom is 0.257 e. The number of aromatic nitrogens is 1. The minimum Gasteiger partial charge on any atom is -0.497 e. The Morgan fingerprint density at radius 1 is 1.29 bits per heavy atom. The maximum atomic E-state index is 12.2. The van der Waals surface area contributed by atoms with Gasteiger partial charge in [0.1, 0.15) is 11.6 Å². The van der Waals surface area contributed by atoms with Gasteiger partial charge in [0.25, 0.3) is 5.91 Å². The first-order valence-corrected chi connectivity index (χ1v) is 6.80. The van der Waals surface area contributed by atoms with E-state index in [-0.39, 0.29) is 5.91 Å². The summed E-state index contributed by atoms with van der Waals surface area (Å²) in [5.74, 6) is 1.34. The van der Waals surface area contributed by atoms with E-state index in [1.165, 1.54) is 0 Å². The van der Waals surface area contributed by atoms with Crippen LogP contribution in [0.15, 0.2) is 36.5 Å². The van der Waals surface area contributed by atoms with Gasteiger partial charge >= 0.3 is 0 Å². The number of rotatable bonds is 5. The Morgan fingerprint density at radius 2 is 2.10 bits per heavy atom. The van der Waals surface area contributed by atoms with E-state index in [0.29, 0.717) is 5.56 Å². The van der Waals surface area contributed by atoms with E-state index in [0.717, 1.165) is 29.4 Å². The average Bonchev–Trinajstić information content (AvgIpc) is 2.50. The molecule has 110 valence electrons. The van der Waals surface area contributed by atoms with E-state index in [1.807, 2.05) is 32.0 Å². The Hall–Kier alpha value is -2.56. The molecule has 0 aliphatic rings. The number of pyridine rings is 1.